The zero-order chi connectivity index (χ0) is 12.3. The summed E-state index contributed by atoms with van der Waals surface area (Å²) in [5.74, 6) is 0. The Morgan fingerprint density at radius 3 is 2.88 bits per heavy atom. The normalized spacial score (nSPS) is 23.6. The average Bonchev–Trinajstić information content (AvgIpc) is 2.27. The maximum Gasteiger partial charge on any atom is 0.0220 e. The average molecular weight is 297 g/mol. The Morgan fingerprint density at radius 1 is 1.41 bits per heavy atom. The predicted octanol–water partition coefficient (Wildman–Crippen LogP) is 3.07. The Hall–Kier alpha value is -0.380. The topological polar surface area (TPSA) is 24.1 Å². The predicted molar refractivity (Wildman–Crippen MR) is 76.1 cm³/mol. The third-order valence-electron chi connectivity index (χ3n) is 3.39. The first-order valence-corrected chi connectivity index (χ1v) is 7.08. The number of rotatable bonds is 3. The maximum absolute atomic E-state index is 3.66. The number of nitrogens with one attached hydrogen (secondary N) is 2. The lowest BCUT2D eigenvalue weighted by atomic mass is 9.89. The first kappa shape index (κ1) is 13.1. The van der Waals surface area contributed by atoms with Gasteiger partial charge in [-0.1, -0.05) is 34.1 Å². The van der Waals surface area contributed by atoms with Gasteiger partial charge in [-0.3, -0.25) is 0 Å². The molecule has 1 aliphatic heterocycles. The molecule has 3 heteroatoms. The van der Waals surface area contributed by atoms with E-state index in [4.69, 9.17) is 0 Å². The lowest BCUT2D eigenvalue weighted by Crippen LogP contribution is -2.51. The zero-order valence-electron chi connectivity index (χ0n) is 10.6. The molecule has 94 valence electrons. The van der Waals surface area contributed by atoms with Crippen molar-refractivity contribution in [2.24, 2.45) is 0 Å². The highest BCUT2D eigenvalue weighted by Gasteiger charge is 2.26. The van der Waals surface area contributed by atoms with Gasteiger partial charge in [0.2, 0.25) is 0 Å². The minimum absolute atomic E-state index is 0.268. The van der Waals surface area contributed by atoms with Crippen LogP contribution in [-0.4, -0.2) is 18.1 Å². The molecule has 1 saturated heterocycles. The number of hydrogen-bond acceptors (Lipinski definition) is 2. The summed E-state index contributed by atoms with van der Waals surface area (Å²) in [6, 6.07) is 9.04. The molecule has 0 aromatic heterocycles. The molecule has 0 spiro atoms. The molecule has 0 aliphatic carbocycles. The summed E-state index contributed by atoms with van der Waals surface area (Å²) in [7, 11) is 0. The second kappa shape index (κ2) is 5.51. The fourth-order valence-corrected chi connectivity index (χ4v) is 2.87. The fourth-order valence-electron chi connectivity index (χ4n) is 2.45. The molecule has 1 aliphatic rings. The second-order valence-electron chi connectivity index (χ2n) is 5.47. The van der Waals surface area contributed by atoms with Crippen LogP contribution in [0.25, 0.3) is 0 Å². The lowest BCUT2D eigenvalue weighted by molar-refractivity contribution is 0.247. The van der Waals surface area contributed by atoms with Gasteiger partial charge in [0.15, 0.2) is 0 Å². The number of halogens is 1. The van der Waals surface area contributed by atoms with E-state index in [1.165, 1.54) is 22.9 Å². The van der Waals surface area contributed by atoms with Crippen LogP contribution in [0.1, 0.15) is 32.3 Å². The Kier molecular flexibility index (Phi) is 4.23. The zero-order valence-corrected chi connectivity index (χ0v) is 12.2. The van der Waals surface area contributed by atoms with E-state index in [0.29, 0.717) is 6.04 Å². The van der Waals surface area contributed by atoms with Crippen LogP contribution in [0.15, 0.2) is 28.7 Å². The van der Waals surface area contributed by atoms with Gasteiger partial charge in [0.25, 0.3) is 0 Å². The minimum Gasteiger partial charge on any atom is -0.312 e. The molecule has 2 N–H and O–H groups in total. The molecule has 1 heterocycles. The van der Waals surface area contributed by atoms with E-state index in [1.54, 1.807) is 0 Å². The quantitative estimate of drug-likeness (QED) is 0.896. The molecule has 1 unspecified atom stereocenters. The van der Waals surface area contributed by atoms with Crippen molar-refractivity contribution in [3.8, 4) is 0 Å². The Morgan fingerprint density at radius 2 is 2.18 bits per heavy atom. The fraction of sp³-hybridized carbons (Fsp3) is 0.571. The Balaban J connectivity index is 1.88. The van der Waals surface area contributed by atoms with Gasteiger partial charge in [-0.2, -0.15) is 0 Å². The second-order valence-corrected chi connectivity index (χ2v) is 6.33. The van der Waals surface area contributed by atoms with Gasteiger partial charge >= 0.3 is 0 Å². The smallest absolute Gasteiger partial charge is 0.0220 e. The molecule has 0 amide bonds. The molecular formula is C14H21BrN2. The highest BCUT2D eigenvalue weighted by Crippen LogP contribution is 2.20. The summed E-state index contributed by atoms with van der Waals surface area (Å²) in [5.41, 5.74) is 1.60. The summed E-state index contributed by atoms with van der Waals surface area (Å²) in [4.78, 5) is 0. The summed E-state index contributed by atoms with van der Waals surface area (Å²) < 4.78 is 1.20. The molecule has 1 fully saturated rings. The van der Waals surface area contributed by atoms with Gasteiger partial charge in [0.05, 0.1) is 0 Å². The monoisotopic (exact) mass is 296 g/mol. The van der Waals surface area contributed by atoms with Crippen LogP contribution < -0.4 is 10.6 Å². The molecule has 0 saturated carbocycles. The molecule has 1 atom stereocenters. The largest absolute Gasteiger partial charge is 0.312 e. The maximum atomic E-state index is 3.66. The summed E-state index contributed by atoms with van der Waals surface area (Å²) in [5, 5.41) is 7.21. The lowest BCUT2D eigenvalue weighted by Gasteiger charge is -2.37. The van der Waals surface area contributed by atoms with Crippen LogP contribution in [0.2, 0.25) is 0 Å². The van der Waals surface area contributed by atoms with E-state index in [2.05, 4.69) is 64.7 Å². The molecule has 2 rings (SSSR count). The summed E-state index contributed by atoms with van der Waals surface area (Å²) in [6.45, 7) is 6.61. The Labute approximate surface area is 112 Å². The third kappa shape index (κ3) is 3.80. The van der Waals surface area contributed by atoms with E-state index < -0.39 is 0 Å². The van der Waals surface area contributed by atoms with E-state index in [0.717, 1.165) is 13.1 Å². The van der Waals surface area contributed by atoms with Crippen LogP contribution in [0.5, 0.6) is 0 Å². The van der Waals surface area contributed by atoms with Crippen molar-refractivity contribution in [2.45, 2.75) is 44.8 Å². The van der Waals surface area contributed by atoms with Crippen molar-refractivity contribution in [2.75, 3.05) is 6.54 Å². The number of piperidine rings is 1. The third-order valence-corrected chi connectivity index (χ3v) is 4.17. The van der Waals surface area contributed by atoms with Crippen LogP contribution in [0.4, 0.5) is 0 Å². The van der Waals surface area contributed by atoms with Gasteiger partial charge in [-0.05, 0) is 44.9 Å². The van der Waals surface area contributed by atoms with Crippen molar-refractivity contribution < 1.29 is 0 Å². The van der Waals surface area contributed by atoms with Crippen molar-refractivity contribution in [1.82, 2.24) is 10.6 Å². The van der Waals surface area contributed by atoms with E-state index in [1.807, 2.05) is 0 Å². The highest BCUT2D eigenvalue weighted by molar-refractivity contribution is 9.10. The van der Waals surface area contributed by atoms with E-state index >= 15 is 0 Å². The molecule has 2 nitrogen and oxygen atoms in total. The van der Waals surface area contributed by atoms with Crippen LogP contribution in [-0.2, 0) is 6.54 Å². The molecular weight excluding hydrogens is 276 g/mol. The number of hydrogen-bond donors (Lipinski definition) is 2. The molecule has 0 radical (unpaired) electrons. The van der Waals surface area contributed by atoms with Gasteiger partial charge < -0.3 is 10.6 Å². The SMILES string of the molecule is CC1(C)CC(NCc2ccccc2Br)CCN1. The molecule has 17 heavy (non-hydrogen) atoms. The van der Waals surface area contributed by atoms with Gasteiger partial charge in [-0.25, -0.2) is 0 Å². The van der Waals surface area contributed by atoms with Gasteiger partial charge in [-0.15, -0.1) is 0 Å². The Bertz CT molecular complexity index is 376. The molecule has 1 aromatic rings. The van der Waals surface area contributed by atoms with Crippen molar-refractivity contribution in [3.63, 3.8) is 0 Å². The van der Waals surface area contributed by atoms with Gasteiger partial charge in [0, 0.05) is 22.6 Å². The minimum atomic E-state index is 0.268. The summed E-state index contributed by atoms with van der Waals surface area (Å²) in [6.07, 6.45) is 2.41. The highest BCUT2D eigenvalue weighted by atomic mass is 79.9. The molecule has 0 bridgehead atoms. The number of benzene rings is 1. The van der Waals surface area contributed by atoms with Crippen LogP contribution in [0.3, 0.4) is 0 Å². The van der Waals surface area contributed by atoms with Crippen molar-refractivity contribution in [1.29, 1.82) is 0 Å². The van der Waals surface area contributed by atoms with Crippen LogP contribution >= 0.6 is 15.9 Å². The molecule has 1 aromatic carbocycles. The standard InChI is InChI=1S/C14H21BrN2/c1-14(2)9-12(7-8-17-14)16-10-11-5-3-4-6-13(11)15/h3-6,12,16-17H,7-10H2,1-2H3. The van der Waals surface area contributed by atoms with E-state index in [-0.39, 0.29) is 5.54 Å². The first-order chi connectivity index (χ1) is 8.07. The van der Waals surface area contributed by atoms with Crippen molar-refractivity contribution >= 4 is 15.9 Å². The van der Waals surface area contributed by atoms with E-state index in [9.17, 15) is 0 Å². The van der Waals surface area contributed by atoms with Gasteiger partial charge in [0.1, 0.15) is 0 Å². The van der Waals surface area contributed by atoms with Crippen molar-refractivity contribution in [3.05, 3.63) is 34.3 Å². The summed E-state index contributed by atoms with van der Waals surface area (Å²) >= 11 is 3.59. The first-order valence-electron chi connectivity index (χ1n) is 6.29. The van der Waals surface area contributed by atoms with Crippen LogP contribution in [0, 0.1) is 0 Å².